The predicted molar refractivity (Wildman–Crippen MR) is 94.5 cm³/mol. The Hall–Kier alpha value is -3.12. The molecule has 0 spiro atoms. The van der Waals surface area contributed by atoms with Crippen LogP contribution in [-0.4, -0.2) is 0 Å². The second-order valence-electron chi connectivity index (χ2n) is 5.85. The summed E-state index contributed by atoms with van der Waals surface area (Å²) in [6, 6.07) is 14.4. The monoisotopic (exact) mass is 317 g/mol. The molecule has 0 fully saturated rings. The Morgan fingerprint density at radius 1 is 1.17 bits per heavy atom. The van der Waals surface area contributed by atoms with Crippen LogP contribution in [0.1, 0.15) is 22.2 Å². The fourth-order valence-corrected chi connectivity index (χ4v) is 3.13. The third-order valence-electron chi connectivity index (χ3n) is 4.32. The van der Waals surface area contributed by atoms with E-state index in [2.05, 4.69) is 6.07 Å². The third kappa shape index (κ3) is 2.00. The molecule has 2 heterocycles. The third-order valence-corrected chi connectivity index (χ3v) is 4.32. The van der Waals surface area contributed by atoms with Crippen LogP contribution in [0.4, 0.5) is 0 Å². The predicted octanol–water partition coefficient (Wildman–Crippen LogP) is 4.57. The van der Waals surface area contributed by atoms with Gasteiger partial charge in [-0.2, -0.15) is 5.26 Å². The zero-order chi connectivity index (χ0) is 20.2. The van der Waals surface area contributed by atoms with Crippen LogP contribution in [0.15, 0.2) is 53.1 Å². The van der Waals surface area contributed by atoms with Crippen LogP contribution in [0.2, 0.25) is 0 Å². The summed E-state index contributed by atoms with van der Waals surface area (Å²) in [6.07, 6.45) is 0.0915. The number of furan rings is 1. The summed E-state index contributed by atoms with van der Waals surface area (Å²) in [7, 11) is 1.72. The zero-order valence-corrected chi connectivity index (χ0v) is 13.3. The highest BCUT2D eigenvalue weighted by Gasteiger charge is 2.21. The van der Waals surface area contributed by atoms with Gasteiger partial charge in [-0.3, -0.25) is 0 Å². The first-order valence-electron chi connectivity index (χ1n) is 9.59. The molecular formula is C21H17N2O+. The van der Waals surface area contributed by atoms with Gasteiger partial charge in [0.25, 0.3) is 0 Å². The molecule has 0 aliphatic rings. The minimum absolute atomic E-state index is 0.0915. The Kier molecular flexibility index (Phi) is 2.30. The van der Waals surface area contributed by atoms with Gasteiger partial charge in [-0.1, -0.05) is 24.3 Å². The molecular weight excluding hydrogens is 296 g/mol. The van der Waals surface area contributed by atoms with Gasteiger partial charge in [-0.25, -0.2) is 4.57 Å². The maximum absolute atomic E-state index is 9.41. The van der Waals surface area contributed by atoms with E-state index in [0.29, 0.717) is 22.4 Å². The number of aromatic nitrogens is 1. The summed E-state index contributed by atoms with van der Waals surface area (Å²) in [5.74, 6) is 0. The number of aryl methyl sites for hydroxylation is 2. The van der Waals surface area contributed by atoms with E-state index in [9.17, 15) is 5.26 Å². The molecule has 0 radical (unpaired) electrons. The summed E-state index contributed by atoms with van der Waals surface area (Å²) < 4.78 is 39.2. The van der Waals surface area contributed by atoms with Crippen LogP contribution in [0.3, 0.4) is 0 Å². The van der Waals surface area contributed by atoms with Crippen LogP contribution in [0, 0.1) is 25.1 Å². The van der Waals surface area contributed by atoms with Crippen molar-refractivity contribution in [3.05, 3.63) is 65.3 Å². The van der Waals surface area contributed by atoms with Crippen LogP contribution < -0.4 is 4.57 Å². The number of rotatable bonds is 1. The highest BCUT2D eigenvalue weighted by Crippen LogP contribution is 2.37. The molecule has 0 atom stereocenters. The zero-order valence-electron chi connectivity index (χ0n) is 17.3. The molecule has 0 amide bonds. The van der Waals surface area contributed by atoms with Gasteiger partial charge in [0.1, 0.15) is 20.1 Å². The first kappa shape index (κ1) is 10.6. The van der Waals surface area contributed by atoms with E-state index < -0.39 is 6.85 Å². The molecule has 0 aliphatic carbocycles. The molecule has 2 aromatic heterocycles. The minimum Gasteiger partial charge on any atom is -0.454 e. The highest BCUT2D eigenvalue weighted by atomic mass is 16.3. The fourth-order valence-electron chi connectivity index (χ4n) is 3.13. The second kappa shape index (κ2) is 5.21. The molecule has 0 aliphatic heterocycles. The Morgan fingerprint density at radius 2 is 2.00 bits per heavy atom. The fraction of sp³-hybridized carbons (Fsp3) is 0.143. The van der Waals surface area contributed by atoms with Crippen molar-refractivity contribution in [3.63, 3.8) is 0 Å². The summed E-state index contributed by atoms with van der Waals surface area (Å²) >= 11 is 0. The van der Waals surface area contributed by atoms with Crippen molar-refractivity contribution < 1.29 is 14.5 Å². The number of hydrogen-bond donors (Lipinski definition) is 0. The quantitative estimate of drug-likeness (QED) is 0.483. The van der Waals surface area contributed by atoms with Crippen LogP contribution in [-0.2, 0) is 7.05 Å². The Morgan fingerprint density at radius 3 is 2.79 bits per heavy atom. The topological polar surface area (TPSA) is 40.8 Å². The molecule has 3 heteroatoms. The van der Waals surface area contributed by atoms with Crippen molar-refractivity contribution in [1.82, 2.24) is 0 Å². The first-order chi connectivity index (χ1) is 13.2. The van der Waals surface area contributed by atoms with Gasteiger partial charge in [-0.05, 0) is 31.0 Å². The Bertz CT molecular complexity index is 1300. The van der Waals surface area contributed by atoms with Crippen molar-refractivity contribution in [2.24, 2.45) is 7.05 Å². The number of para-hydroxylation sites is 1. The SMILES string of the molecule is [2H]c1cc(C([2H])([2H])[2H])cc(-c2c(C)ccc3c2oc2c(C#N)cccc23)[n+]1C. The second-order valence-corrected chi connectivity index (χ2v) is 5.85. The van der Waals surface area contributed by atoms with Gasteiger partial charge in [0, 0.05) is 27.0 Å². The standard InChI is InChI=1S/C21H17N2O/c1-13-9-10-23(3)18(11-13)19-14(2)7-8-17-16-6-4-5-15(12-22)20(16)24-21(17)19/h4-11H,1-3H3/q+1/i1D3,10D. The molecule has 0 bridgehead atoms. The summed E-state index contributed by atoms with van der Waals surface area (Å²) in [4.78, 5) is 0. The molecule has 116 valence electrons. The molecule has 0 saturated carbocycles. The van der Waals surface area contributed by atoms with Gasteiger partial charge in [0.15, 0.2) is 11.8 Å². The molecule has 3 nitrogen and oxygen atoms in total. The summed E-state index contributed by atoms with van der Waals surface area (Å²) in [6.45, 7) is -0.402. The van der Waals surface area contributed by atoms with Gasteiger partial charge in [-0.15, -0.1) is 0 Å². The molecule has 0 N–H and O–H groups in total. The molecule has 0 unspecified atom stereocenters. The minimum atomic E-state index is -2.32. The van der Waals surface area contributed by atoms with E-state index in [1.807, 2.05) is 31.2 Å². The lowest BCUT2D eigenvalue weighted by Gasteiger charge is -2.06. The smallest absolute Gasteiger partial charge is 0.216 e. The van der Waals surface area contributed by atoms with E-state index in [-0.39, 0.29) is 11.7 Å². The average Bonchev–Trinajstić information content (AvgIpc) is 3.02. The molecule has 24 heavy (non-hydrogen) atoms. The van der Waals surface area contributed by atoms with Crippen molar-refractivity contribution in [2.75, 3.05) is 0 Å². The lowest BCUT2D eigenvalue weighted by Crippen LogP contribution is -2.30. The van der Waals surface area contributed by atoms with E-state index in [4.69, 9.17) is 9.90 Å². The molecule has 4 rings (SSSR count). The van der Waals surface area contributed by atoms with Crippen molar-refractivity contribution in [2.45, 2.75) is 13.8 Å². The largest absolute Gasteiger partial charge is 0.454 e. The molecule has 2 aromatic carbocycles. The number of benzene rings is 2. The van der Waals surface area contributed by atoms with E-state index in [0.717, 1.165) is 21.9 Å². The molecule has 4 aromatic rings. The number of fused-ring (bicyclic) bond motifs is 3. The Balaban J connectivity index is 2.15. The molecule has 0 saturated heterocycles. The van der Waals surface area contributed by atoms with E-state index >= 15 is 0 Å². The van der Waals surface area contributed by atoms with E-state index in [1.165, 1.54) is 6.07 Å². The van der Waals surface area contributed by atoms with Gasteiger partial charge < -0.3 is 4.42 Å². The van der Waals surface area contributed by atoms with Crippen LogP contribution in [0.5, 0.6) is 0 Å². The van der Waals surface area contributed by atoms with Gasteiger partial charge in [0.05, 0.1) is 11.1 Å². The summed E-state index contributed by atoms with van der Waals surface area (Å²) in [5, 5.41) is 11.1. The van der Waals surface area contributed by atoms with E-state index in [1.54, 1.807) is 23.7 Å². The summed E-state index contributed by atoms with van der Waals surface area (Å²) in [5.41, 5.74) is 3.83. The first-order valence-corrected chi connectivity index (χ1v) is 7.59. The Labute approximate surface area is 146 Å². The lowest BCUT2D eigenvalue weighted by molar-refractivity contribution is -0.660. The van der Waals surface area contributed by atoms with Gasteiger partial charge >= 0.3 is 0 Å². The van der Waals surface area contributed by atoms with Gasteiger partial charge in [0.2, 0.25) is 5.69 Å². The van der Waals surface area contributed by atoms with Crippen molar-refractivity contribution in [3.8, 4) is 17.3 Å². The maximum atomic E-state index is 9.41. The normalized spacial score (nSPS) is 14.0. The lowest BCUT2D eigenvalue weighted by atomic mass is 9.99. The van der Waals surface area contributed by atoms with Crippen molar-refractivity contribution >= 4 is 21.9 Å². The number of nitrogens with zero attached hydrogens (tertiary/aromatic N) is 2. The number of pyridine rings is 1. The average molecular weight is 317 g/mol. The van der Waals surface area contributed by atoms with Crippen LogP contribution in [0.25, 0.3) is 33.2 Å². The highest BCUT2D eigenvalue weighted by molar-refractivity contribution is 6.10. The van der Waals surface area contributed by atoms with Crippen molar-refractivity contribution in [1.29, 1.82) is 5.26 Å². The number of nitriles is 1. The maximum Gasteiger partial charge on any atom is 0.216 e. The van der Waals surface area contributed by atoms with Crippen LogP contribution >= 0.6 is 0 Å². The number of hydrogen-bond acceptors (Lipinski definition) is 2.